The van der Waals surface area contributed by atoms with Crippen LogP contribution in [0.2, 0.25) is 0 Å². The van der Waals surface area contributed by atoms with Crippen molar-refractivity contribution in [2.24, 2.45) is 0 Å². The number of ether oxygens (including phenoxy) is 1. The molecule has 69 heavy (non-hydrogen) atoms. The van der Waals surface area contributed by atoms with Gasteiger partial charge in [-0.2, -0.15) is 0 Å². The van der Waals surface area contributed by atoms with E-state index in [0.29, 0.717) is 23.3 Å². The molecule has 0 saturated carbocycles. The Hall–Kier alpha value is -8.91. The second-order valence-electron chi connectivity index (χ2n) is 17.5. The van der Waals surface area contributed by atoms with Gasteiger partial charge in [-0.25, -0.2) is 24.9 Å². The third kappa shape index (κ3) is 6.07. The average Bonchev–Trinajstić information content (AvgIpc) is 3.95. The molecule has 0 amide bonds. The van der Waals surface area contributed by atoms with Gasteiger partial charge in [0.2, 0.25) is 0 Å². The standard InChI is InChI=1S/C62H37N5OS/c1-4-19-38(20-5-1)55-57-56(46-27-10-15-36-52(46)69-57)64-60(63-55)42-26-16-25-41(37-42)43-28-17-29-44-45-30-18-31-47(61-66-58(39-21-6-2-7-22-39)65-59(67-61)40-23-8-3-9-24-40)54(45)62(53(43)44)48-32-11-13-34-50(48)68-51-35-14-12-33-49(51)62/h1-37H. The molecule has 322 valence electrons. The van der Waals surface area contributed by atoms with E-state index in [2.05, 4.69) is 182 Å². The van der Waals surface area contributed by atoms with E-state index in [-0.39, 0.29) is 0 Å². The molecule has 12 aromatic rings. The Labute approximate surface area is 402 Å². The monoisotopic (exact) mass is 899 g/mol. The van der Waals surface area contributed by atoms with Gasteiger partial charge in [0.1, 0.15) is 11.5 Å². The Morgan fingerprint density at radius 1 is 0.348 bits per heavy atom. The van der Waals surface area contributed by atoms with Crippen molar-refractivity contribution in [2.75, 3.05) is 0 Å². The molecule has 0 radical (unpaired) electrons. The van der Waals surface area contributed by atoms with E-state index in [4.69, 9.17) is 29.7 Å². The maximum Gasteiger partial charge on any atom is 0.164 e. The summed E-state index contributed by atoms with van der Waals surface area (Å²) in [5, 5.41) is 1.13. The van der Waals surface area contributed by atoms with Gasteiger partial charge in [0.15, 0.2) is 23.3 Å². The molecule has 6 nitrogen and oxygen atoms in total. The number of fused-ring (bicyclic) bond motifs is 12. The lowest BCUT2D eigenvalue weighted by Gasteiger charge is -2.41. The van der Waals surface area contributed by atoms with E-state index in [1.807, 2.05) is 42.5 Å². The van der Waals surface area contributed by atoms with Crippen LogP contribution in [0.25, 0.3) is 99.4 Å². The third-order valence-electron chi connectivity index (χ3n) is 13.6. The van der Waals surface area contributed by atoms with Gasteiger partial charge in [-0.1, -0.05) is 200 Å². The Morgan fingerprint density at radius 3 is 1.49 bits per heavy atom. The normalized spacial score (nSPS) is 12.9. The zero-order chi connectivity index (χ0) is 45.5. The average molecular weight is 900 g/mol. The quantitative estimate of drug-likeness (QED) is 0.166. The highest BCUT2D eigenvalue weighted by atomic mass is 32.1. The van der Waals surface area contributed by atoms with Crippen LogP contribution >= 0.6 is 11.3 Å². The van der Waals surface area contributed by atoms with Crippen LogP contribution < -0.4 is 4.74 Å². The Morgan fingerprint density at radius 2 is 0.826 bits per heavy atom. The Kier molecular flexibility index (Phi) is 8.87. The van der Waals surface area contributed by atoms with Gasteiger partial charge in [0, 0.05) is 49.0 Å². The van der Waals surface area contributed by atoms with Gasteiger partial charge in [-0.3, -0.25) is 0 Å². The molecule has 3 aromatic heterocycles. The molecular weight excluding hydrogens is 863 g/mol. The molecule has 0 unspecified atom stereocenters. The van der Waals surface area contributed by atoms with Crippen LogP contribution in [0.4, 0.5) is 0 Å². The minimum Gasteiger partial charge on any atom is -0.457 e. The van der Waals surface area contributed by atoms with Crippen LogP contribution in [0.1, 0.15) is 22.3 Å². The summed E-state index contributed by atoms with van der Waals surface area (Å²) < 4.78 is 9.14. The van der Waals surface area contributed by atoms with Crippen molar-refractivity contribution >= 4 is 31.6 Å². The van der Waals surface area contributed by atoms with Crippen molar-refractivity contribution in [1.82, 2.24) is 24.9 Å². The van der Waals surface area contributed by atoms with E-state index in [9.17, 15) is 0 Å². The highest BCUT2D eigenvalue weighted by Crippen LogP contribution is 2.65. The van der Waals surface area contributed by atoms with Crippen LogP contribution in [0, 0.1) is 0 Å². The van der Waals surface area contributed by atoms with Crippen molar-refractivity contribution < 1.29 is 4.74 Å². The fourth-order valence-electron chi connectivity index (χ4n) is 10.7. The van der Waals surface area contributed by atoms with E-state index in [1.54, 1.807) is 11.3 Å². The zero-order valence-corrected chi connectivity index (χ0v) is 37.7. The molecule has 1 aliphatic carbocycles. The number of aromatic nitrogens is 5. The molecule has 0 atom stereocenters. The van der Waals surface area contributed by atoms with Gasteiger partial charge < -0.3 is 4.74 Å². The maximum absolute atomic E-state index is 6.87. The lowest BCUT2D eigenvalue weighted by Crippen LogP contribution is -2.33. The largest absolute Gasteiger partial charge is 0.457 e. The van der Waals surface area contributed by atoms with Crippen molar-refractivity contribution in [3.63, 3.8) is 0 Å². The number of thiophene rings is 1. The first kappa shape index (κ1) is 39.3. The summed E-state index contributed by atoms with van der Waals surface area (Å²) in [7, 11) is 0. The van der Waals surface area contributed by atoms with Crippen molar-refractivity contribution in [2.45, 2.75) is 5.41 Å². The highest BCUT2D eigenvalue weighted by molar-refractivity contribution is 7.26. The number of hydrogen-bond donors (Lipinski definition) is 0. The summed E-state index contributed by atoms with van der Waals surface area (Å²) in [6, 6.07) is 78.4. The molecule has 0 saturated heterocycles. The molecule has 14 rings (SSSR count). The second-order valence-corrected chi connectivity index (χ2v) is 18.5. The number of nitrogens with zero attached hydrogens (tertiary/aromatic N) is 5. The lowest BCUT2D eigenvalue weighted by atomic mass is 9.63. The van der Waals surface area contributed by atoms with Gasteiger partial charge >= 0.3 is 0 Å². The van der Waals surface area contributed by atoms with Gasteiger partial charge in [-0.15, -0.1) is 11.3 Å². The minimum atomic E-state index is -0.864. The SMILES string of the molecule is c1ccc(-c2nc(-c3ccccc3)nc(-c3cccc4c3C3(c5ccccc5Oc5ccccc53)c3c(-c5cccc(-c6nc(-c7ccccc7)c7sc8ccccc8c7n6)c5)cccc3-4)n2)cc1. The fraction of sp³-hybridized carbons (Fsp3) is 0.0161. The summed E-state index contributed by atoms with van der Waals surface area (Å²) in [6.45, 7) is 0. The number of para-hydroxylation sites is 2. The molecule has 4 heterocycles. The zero-order valence-electron chi connectivity index (χ0n) is 36.9. The molecule has 2 aliphatic rings. The summed E-state index contributed by atoms with van der Waals surface area (Å²) in [4.78, 5) is 26.6. The van der Waals surface area contributed by atoms with Crippen LogP contribution in [-0.4, -0.2) is 24.9 Å². The molecule has 7 heteroatoms. The van der Waals surface area contributed by atoms with E-state index >= 15 is 0 Å². The number of rotatable bonds is 6. The summed E-state index contributed by atoms with van der Waals surface area (Å²) in [5.74, 6) is 4.10. The minimum absolute atomic E-state index is 0.597. The molecule has 0 N–H and O–H groups in total. The highest BCUT2D eigenvalue weighted by Gasteiger charge is 2.53. The first-order chi connectivity index (χ1) is 34.2. The molecule has 1 spiro atoms. The molecule has 9 aromatic carbocycles. The Bertz CT molecular complexity index is 3900. The third-order valence-corrected chi connectivity index (χ3v) is 14.8. The van der Waals surface area contributed by atoms with Gasteiger partial charge in [0.25, 0.3) is 0 Å². The Balaban J connectivity index is 1.04. The number of benzene rings is 9. The van der Waals surface area contributed by atoms with Crippen molar-refractivity contribution in [3.05, 3.63) is 247 Å². The van der Waals surface area contributed by atoms with E-state index in [0.717, 1.165) is 99.6 Å². The molecule has 1 aliphatic heterocycles. The van der Waals surface area contributed by atoms with Crippen molar-refractivity contribution in [1.29, 1.82) is 0 Å². The predicted octanol–water partition coefficient (Wildman–Crippen LogP) is 15.5. The maximum atomic E-state index is 6.87. The fourth-order valence-corrected chi connectivity index (χ4v) is 11.9. The predicted molar refractivity (Wildman–Crippen MR) is 278 cm³/mol. The smallest absolute Gasteiger partial charge is 0.164 e. The molecule has 0 bridgehead atoms. The first-order valence-electron chi connectivity index (χ1n) is 23.1. The molecule has 0 fully saturated rings. The van der Waals surface area contributed by atoms with Gasteiger partial charge in [-0.05, 0) is 57.6 Å². The topological polar surface area (TPSA) is 73.7 Å². The van der Waals surface area contributed by atoms with E-state index < -0.39 is 5.41 Å². The van der Waals surface area contributed by atoms with Gasteiger partial charge in [0.05, 0.1) is 21.3 Å². The van der Waals surface area contributed by atoms with Crippen molar-refractivity contribution in [3.8, 4) is 90.6 Å². The van der Waals surface area contributed by atoms with Crippen LogP contribution in [0.15, 0.2) is 224 Å². The van der Waals surface area contributed by atoms with Crippen LogP contribution in [-0.2, 0) is 5.41 Å². The molecular formula is C62H37N5OS. The number of hydrogen-bond acceptors (Lipinski definition) is 7. The van der Waals surface area contributed by atoms with E-state index in [1.165, 1.54) is 10.3 Å². The van der Waals surface area contributed by atoms with Crippen LogP contribution in [0.5, 0.6) is 11.5 Å². The first-order valence-corrected chi connectivity index (χ1v) is 23.9. The summed E-state index contributed by atoms with van der Waals surface area (Å²) in [5.41, 5.74) is 14.5. The van der Waals surface area contributed by atoms with Crippen LogP contribution in [0.3, 0.4) is 0 Å². The lowest BCUT2D eigenvalue weighted by molar-refractivity contribution is 0.436. The summed E-state index contributed by atoms with van der Waals surface area (Å²) >= 11 is 1.75. The summed E-state index contributed by atoms with van der Waals surface area (Å²) in [6.07, 6.45) is 0. The second kappa shape index (κ2) is 15.6.